The van der Waals surface area contributed by atoms with Crippen LogP contribution in [-0.4, -0.2) is 39.7 Å². The van der Waals surface area contributed by atoms with Crippen LogP contribution in [0.3, 0.4) is 0 Å². The van der Waals surface area contributed by atoms with Crippen LogP contribution in [0.25, 0.3) is 0 Å². The van der Waals surface area contributed by atoms with E-state index in [9.17, 15) is 4.79 Å². The van der Waals surface area contributed by atoms with E-state index in [1.54, 1.807) is 0 Å². The lowest BCUT2D eigenvalue weighted by Crippen LogP contribution is -2.43. The molecule has 86 valence electrons. The van der Waals surface area contributed by atoms with E-state index in [1.165, 1.54) is 6.20 Å². The van der Waals surface area contributed by atoms with Crippen LogP contribution >= 0.6 is 0 Å². The van der Waals surface area contributed by atoms with E-state index in [0.29, 0.717) is 11.9 Å². The third-order valence-corrected chi connectivity index (χ3v) is 3.08. The van der Waals surface area contributed by atoms with Gasteiger partial charge in [0, 0.05) is 0 Å². The predicted octanol–water partition coefficient (Wildman–Crippen LogP) is 0.246. The lowest BCUT2D eigenvalue weighted by atomic mass is 9.96. The summed E-state index contributed by atoms with van der Waals surface area (Å²) >= 11 is 0. The Balaban J connectivity index is 1.53. The fourth-order valence-corrected chi connectivity index (χ4v) is 2.37. The van der Waals surface area contributed by atoms with Crippen LogP contribution < -0.4 is 10.6 Å². The van der Waals surface area contributed by atoms with Gasteiger partial charge in [0.2, 0.25) is 0 Å². The molecule has 0 spiro atoms. The average Bonchev–Trinajstić information content (AvgIpc) is 2.92. The minimum Gasteiger partial charge on any atom is -0.373 e. The van der Waals surface area contributed by atoms with Crippen LogP contribution in [-0.2, 0) is 4.74 Å². The summed E-state index contributed by atoms with van der Waals surface area (Å²) in [6, 6.07) is -0.124. The molecule has 2 aliphatic heterocycles. The van der Waals surface area contributed by atoms with Gasteiger partial charge in [-0.2, -0.15) is 10.3 Å². The van der Waals surface area contributed by atoms with E-state index in [2.05, 4.69) is 26.0 Å². The molecule has 2 bridgehead atoms. The Morgan fingerprint density at radius 3 is 3.12 bits per heavy atom. The van der Waals surface area contributed by atoms with Gasteiger partial charge in [-0.3, -0.25) is 5.32 Å². The van der Waals surface area contributed by atoms with Crippen molar-refractivity contribution in [2.75, 3.05) is 5.32 Å². The first kappa shape index (κ1) is 9.59. The van der Waals surface area contributed by atoms with Crippen LogP contribution in [0, 0.1) is 0 Å². The standard InChI is InChI=1S/C9H13N5O2/c15-9(12-8-4-10-14-13-8)11-6-3-5-1-2-7(6)16-5/h4-7H,1-3H2,(H3,10,11,12,13,14,15)/t5-,6-,7+/m1/s1. The molecule has 0 saturated carbocycles. The molecule has 1 aromatic rings. The lowest BCUT2D eigenvalue weighted by molar-refractivity contribution is 0.0984. The van der Waals surface area contributed by atoms with Gasteiger partial charge < -0.3 is 10.1 Å². The number of anilines is 1. The molecule has 1 aromatic heterocycles. The molecule has 2 aliphatic rings. The lowest BCUT2D eigenvalue weighted by Gasteiger charge is -2.19. The van der Waals surface area contributed by atoms with E-state index in [0.717, 1.165) is 19.3 Å². The molecule has 2 fully saturated rings. The number of rotatable bonds is 2. The number of hydrogen-bond acceptors (Lipinski definition) is 4. The number of aromatic amines is 1. The molecular weight excluding hydrogens is 210 g/mol. The van der Waals surface area contributed by atoms with Gasteiger partial charge in [-0.15, -0.1) is 5.10 Å². The van der Waals surface area contributed by atoms with Gasteiger partial charge in [0.05, 0.1) is 24.4 Å². The summed E-state index contributed by atoms with van der Waals surface area (Å²) in [5.41, 5.74) is 0. The fourth-order valence-electron chi connectivity index (χ4n) is 2.37. The van der Waals surface area contributed by atoms with Crippen LogP contribution in [0.15, 0.2) is 6.20 Å². The summed E-state index contributed by atoms with van der Waals surface area (Å²) in [7, 11) is 0. The molecular formula is C9H13N5O2. The molecule has 0 radical (unpaired) electrons. The number of carbonyl (C=O) groups excluding carboxylic acids is 1. The van der Waals surface area contributed by atoms with E-state index in [4.69, 9.17) is 4.74 Å². The highest BCUT2D eigenvalue weighted by Crippen LogP contribution is 2.34. The van der Waals surface area contributed by atoms with E-state index >= 15 is 0 Å². The number of nitrogens with one attached hydrogen (secondary N) is 3. The molecule has 3 rings (SSSR count). The summed E-state index contributed by atoms with van der Waals surface area (Å²) in [6.45, 7) is 0. The minimum atomic E-state index is -0.255. The van der Waals surface area contributed by atoms with Crippen molar-refractivity contribution in [2.45, 2.75) is 37.5 Å². The maximum atomic E-state index is 11.6. The highest BCUT2D eigenvalue weighted by atomic mass is 16.5. The van der Waals surface area contributed by atoms with Crippen molar-refractivity contribution < 1.29 is 9.53 Å². The molecule has 3 atom stereocenters. The Hall–Kier alpha value is -1.63. The normalized spacial score (nSPS) is 31.6. The molecule has 7 heteroatoms. The van der Waals surface area contributed by atoms with Crippen molar-refractivity contribution >= 4 is 11.8 Å². The first-order valence-corrected chi connectivity index (χ1v) is 5.40. The van der Waals surface area contributed by atoms with Gasteiger partial charge in [0.25, 0.3) is 0 Å². The second kappa shape index (κ2) is 3.75. The smallest absolute Gasteiger partial charge is 0.320 e. The third-order valence-electron chi connectivity index (χ3n) is 3.08. The number of fused-ring (bicyclic) bond motifs is 2. The Morgan fingerprint density at radius 2 is 2.50 bits per heavy atom. The third kappa shape index (κ3) is 1.73. The molecule has 2 saturated heterocycles. The number of aromatic nitrogens is 3. The van der Waals surface area contributed by atoms with Gasteiger partial charge in [0.1, 0.15) is 0 Å². The highest BCUT2D eigenvalue weighted by molar-refractivity contribution is 5.88. The SMILES string of the molecule is O=C(Nc1cn[nH]n1)N[C@@H]1C[C@H]2CC[C@@H]1O2. The number of amides is 2. The van der Waals surface area contributed by atoms with Crippen molar-refractivity contribution in [1.82, 2.24) is 20.7 Å². The van der Waals surface area contributed by atoms with Gasteiger partial charge in [-0.05, 0) is 19.3 Å². The maximum Gasteiger partial charge on any atom is 0.320 e. The number of carbonyl (C=O) groups is 1. The second-order valence-electron chi connectivity index (χ2n) is 4.17. The Kier molecular flexibility index (Phi) is 2.24. The zero-order valence-electron chi connectivity index (χ0n) is 8.64. The quantitative estimate of drug-likeness (QED) is 0.670. The number of nitrogens with zero attached hydrogens (tertiary/aromatic N) is 2. The predicted molar refractivity (Wildman–Crippen MR) is 54.8 cm³/mol. The minimum absolute atomic E-state index is 0.130. The van der Waals surface area contributed by atoms with Crippen molar-refractivity contribution in [2.24, 2.45) is 0 Å². The molecule has 3 N–H and O–H groups in total. The second-order valence-corrected chi connectivity index (χ2v) is 4.17. The van der Waals surface area contributed by atoms with Crippen LogP contribution in [0.1, 0.15) is 19.3 Å². The summed E-state index contributed by atoms with van der Waals surface area (Å²) in [5, 5.41) is 15.3. The van der Waals surface area contributed by atoms with Crippen LogP contribution in [0.2, 0.25) is 0 Å². The summed E-state index contributed by atoms with van der Waals surface area (Å²) < 4.78 is 5.64. The van der Waals surface area contributed by atoms with Crippen molar-refractivity contribution in [3.8, 4) is 0 Å². The van der Waals surface area contributed by atoms with Gasteiger partial charge >= 0.3 is 6.03 Å². The first-order valence-electron chi connectivity index (χ1n) is 5.40. The van der Waals surface area contributed by atoms with E-state index in [-0.39, 0.29) is 18.2 Å². The largest absolute Gasteiger partial charge is 0.373 e. The Labute approximate surface area is 91.9 Å². The molecule has 0 aliphatic carbocycles. The Bertz CT molecular complexity index is 379. The topological polar surface area (TPSA) is 91.9 Å². The molecule has 0 aromatic carbocycles. The zero-order chi connectivity index (χ0) is 11.0. The molecule has 0 unspecified atom stereocenters. The van der Waals surface area contributed by atoms with Crippen molar-refractivity contribution in [3.05, 3.63) is 6.20 Å². The number of H-pyrrole nitrogens is 1. The number of ether oxygens (including phenoxy) is 1. The zero-order valence-corrected chi connectivity index (χ0v) is 8.64. The van der Waals surface area contributed by atoms with Gasteiger partial charge in [-0.1, -0.05) is 0 Å². The molecule has 2 amide bonds. The summed E-state index contributed by atoms with van der Waals surface area (Å²) in [6.07, 6.45) is 5.05. The van der Waals surface area contributed by atoms with E-state index in [1.807, 2.05) is 0 Å². The van der Waals surface area contributed by atoms with Crippen LogP contribution in [0.5, 0.6) is 0 Å². The summed E-state index contributed by atoms with van der Waals surface area (Å²) in [5.74, 6) is 0.418. The monoisotopic (exact) mass is 223 g/mol. The molecule has 3 heterocycles. The Morgan fingerprint density at radius 1 is 1.56 bits per heavy atom. The van der Waals surface area contributed by atoms with Gasteiger partial charge in [-0.25, -0.2) is 4.79 Å². The highest BCUT2D eigenvalue weighted by Gasteiger charge is 2.41. The maximum absolute atomic E-state index is 11.6. The van der Waals surface area contributed by atoms with Crippen LogP contribution in [0.4, 0.5) is 10.6 Å². The molecule has 7 nitrogen and oxygen atoms in total. The average molecular weight is 223 g/mol. The van der Waals surface area contributed by atoms with E-state index < -0.39 is 0 Å². The molecule has 16 heavy (non-hydrogen) atoms. The van der Waals surface area contributed by atoms with Crippen molar-refractivity contribution in [1.29, 1.82) is 0 Å². The summed E-state index contributed by atoms with van der Waals surface area (Å²) in [4.78, 5) is 11.6. The number of urea groups is 1. The number of hydrogen-bond donors (Lipinski definition) is 3. The van der Waals surface area contributed by atoms with Crippen molar-refractivity contribution in [3.63, 3.8) is 0 Å². The van der Waals surface area contributed by atoms with Gasteiger partial charge in [0.15, 0.2) is 5.82 Å². The fraction of sp³-hybridized carbons (Fsp3) is 0.667. The first-order chi connectivity index (χ1) is 7.81.